The van der Waals surface area contributed by atoms with E-state index in [0.717, 1.165) is 0 Å². The van der Waals surface area contributed by atoms with Gasteiger partial charge in [0.15, 0.2) is 0 Å². The number of benzene rings is 1. The Morgan fingerprint density at radius 1 is 1.36 bits per heavy atom. The average Bonchev–Trinajstić information content (AvgIpc) is 2.07. The molecule has 0 aliphatic carbocycles. The van der Waals surface area contributed by atoms with Crippen molar-refractivity contribution in [1.29, 1.82) is 0 Å². The van der Waals surface area contributed by atoms with Gasteiger partial charge >= 0.3 is 0 Å². The Hall–Kier alpha value is -0.600. The lowest BCUT2D eigenvalue weighted by Crippen LogP contribution is -2.27. The van der Waals surface area contributed by atoms with E-state index in [2.05, 4.69) is 0 Å². The van der Waals surface area contributed by atoms with Crippen LogP contribution in [0.4, 0.5) is 4.39 Å². The molecular formula is C11H15ClFN. The highest BCUT2D eigenvalue weighted by Gasteiger charge is 2.25. The maximum absolute atomic E-state index is 13.6. The molecule has 2 N–H and O–H groups in total. The molecule has 1 aromatic carbocycles. The summed E-state index contributed by atoms with van der Waals surface area (Å²) in [5.41, 5.74) is 6.24. The van der Waals surface area contributed by atoms with Crippen molar-refractivity contribution >= 4 is 11.6 Å². The first-order chi connectivity index (χ1) is 6.34. The van der Waals surface area contributed by atoms with Crippen LogP contribution < -0.4 is 5.73 Å². The average molecular weight is 216 g/mol. The maximum atomic E-state index is 13.6. The van der Waals surface area contributed by atoms with E-state index in [1.165, 1.54) is 6.07 Å². The minimum atomic E-state index is -0.406. The zero-order valence-corrected chi connectivity index (χ0v) is 9.40. The Morgan fingerprint density at radius 3 is 2.43 bits per heavy atom. The molecule has 14 heavy (non-hydrogen) atoms. The van der Waals surface area contributed by atoms with Crippen LogP contribution in [0.25, 0.3) is 0 Å². The van der Waals surface area contributed by atoms with Gasteiger partial charge in [0, 0.05) is 11.6 Å². The Labute approximate surface area is 89.1 Å². The van der Waals surface area contributed by atoms with Gasteiger partial charge in [0.25, 0.3) is 0 Å². The zero-order valence-electron chi connectivity index (χ0n) is 8.64. The number of hydrogen-bond donors (Lipinski definition) is 1. The number of rotatable bonds is 1. The van der Waals surface area contributed by atoms with Crippen LogP contribution in [0.1, 0.15) is 32.4 Å². The summed E-state index contributed by atoms with van der Waals surface area (Å²) >= 11 is 5.68. The van der Waals surface area contributed by atoms with Crippen molar-refractivity contribution in [3.63, 3.8) is 0 Å². The summed E-state index contributed by atoms with van der Waals surface area (Å²) in [6.07, 6.45) is 0. The van der Waals surface area contributed by atoms with E-state index in [9.17, 15) is 4.39 Å². The Bertz CT molecular complexity index is 331. The molecule has 0 aliphatic heterocycles. The third kappa shape index (κ3) is 2.25. The Morgan fingerprint density at radius 2 is 1.93 bits per heavy atom. The lowest BCUT2D eigenvalue weighted by Gasteiger charge is -2.27. The van der Waals surface area contributed by atoms with Crippen LogP contribution in [0, 0.1) is 11.2 Å². The Balaban J connectivity index is 3.14. The summed E-state index contributed by atoms with van der Waals surface area (Å²) in [7, 11) is 0. The molecule has 1 atom stereocenters. The van der Waals surface area contributed by atoms with E-state index < -0.39 is 5.82 Å². The molecule has 3 heteroatoms. The van der Waals surface area contributed by atoms with Crippen molar-refractivity contribution in [1.82, 2.24) is 0 Å². The van der Waals surface area contributed by atoms with E-state index >= 15 is 0 Å². The molecule has 0 aliphatic rings. The molecule has 1 nitrogen and oxygen atoms in total. The quantitative estimate of drug-likeness (QED) is 0.762. The molecule has 0 fully saturated rings. The first kappa shape index (κ1) is 11.5. The van der Waals surface area contributed by atoms with Gasteiger partial charge in [-0.05, 0) is 11.5 Å². The molecule has 1 rings (SSSR count). The fraction of sp³-hybridized carbons (Fsp3) is 0.455. The molecule has 0 spiro atoms. The van der Waals surface area contributed by atoms with Gasteiger partial charge in [-0.15, -0.1) is 0 Å². The second-order valence-electron chi connectivity index (χ2n) is 4.49. The predicted molar refractivity (Wildman–Crippen MR) is 57.8 cm³/mol. The summed E-state index contributed by atoms with van der Waals surface area (Å²) in [4.78, 5) is 0. The number of hydrogen-bond acceptors (Lipinski definition) is 1. The van der Waals surface area contributed by atoms with E-state index in [4.69, 9.17) is 17.3 Å². The molecule has 0 saturated carbocycles. The number of halogens is 2. The molecule has 0 heterocycles. The van der Waals surface area contributed by atoms with Crippen LogP contribution in [0.3, 0.4) is 0 Å². The van der Waals surface area contributed by atoms with Gasteiger partial charge in [-0.3, -0.25) is 0 Å². The largest absolute Gasteiger partial charge is 0.323 e. The maximum Gasteiger partial charge on any atom is 0.146 e. The molecular weight excluding hydrogens is 201 g/mol. The smallest absolute Gasteiger partial charge is 0.146 e. The minimum Gasteiger partial charge on any atom is -0.323 e. The van der Waals surface area contributed by atoms with Gasteiger partial charge in [-0.2, -0.15) is 0 Å². The summed E-state index contributed by atoms with van der Waals surface area (Å²) in [6.45, 7) is 5.91. The van der Waals surface area contributed by atoms with E-state index in [1.807, 2.05) is 20.8 Å². The van der Waals surface area contributed by atoms with Crippen LogP contribution in [-0.4, -0.2) is 0 Å². The third-order valence-corrected chi connectivity index (χ3v) is 2.54. The topological polar surface area (TPSA) is 26.0 Å². The predicted octanol–water partition coefficient (Wildman–Crippen LogP) is 3.53. The summed E-state index contributed by atoms with van der Waals surface area (Å²) < 4.78 is 13.6. The lowest BCUT2D eigenvalue weighted by molar-refractivity contribution is 0.319. The first-order valence-corrected chi connectivity index (χ1v) is 4.91. The van der Waals surface area contributed by atoms with Crippen molar-refractivity contribution < 1.29 is 4.39 Å². The molecule has 0 aromatic heterocycles. The van der Waals surface area contributed by atoms with Gasteiger partial charge in [-0.1, -0.05) is 44.5 Å². The van der Waals surface area contributed by atoms with Crippen molar-refractivity contribution in [2.24, 2.45) is 11.1 Å². The van der Waals surface area contributed by atoms with Crippen LogP contribution in [0.15, 0.2) is 18.2 Å². The van der Waals surface area contributed by atoms with Gasteiger partial charge in [0.2, 0.25) is 0 Å². The molecule has 0 saturated heterocycles. The lowest BCUT2D eigenvalue weighted by atomic mass is 9.83. The van der Waals surface area contributed by atoms with E-state index in [1.54, 1.807) is 12.1 Å². The van der Waals surface area contributed by atoms with Gasteiger partial charge in [0.05, 0.1) is 5.02 Å². The SMILES string of the molecule is CC(C)(C)[C@@H](N)c1cccc(Cl)c1F. The molecule has 1 aromatic rings. The van der Waals surface area contributed by atoms with Crippen molar-refractivity contribution in [3.8, 4) is 0 Å². The van der Waals surface area contributed by atoms with Crippen molar-refractivity contribution in [2.75, 3.05) is 0 Å². The fourth-order valence-electron chi connectivity index (χ4n) is 1.23. The van der Waals surface area contributed by atoms with Crippen LogP contribution in [0.5, 0.6) is 0 Å². The second-order valence-corrected chi connectivity index (χ2v) is 4.89. The van der Waals surface area contributed by atoms with Gasteiger partial charge in [0.1, 0.15) is 5.82 Å². The third-order valence-electron chi connectivity index (χ3n) is 2.25. The normalized spacial score (nSPS) is 14.1. The monoisotopic (exact) mass is 215 g/mol. The fourth-order valence-corrected chi connectivity index (χ4v) is 1.41. The standard InChI is InChI=1S/C11H15ClFN/c1-11(2,3)10(14)7-5-4-6-8(12)9(7)13/h4-6,10H,14H2,1-3H3/t10-/m0/s1. The van der Waals surface area contributed by atoms with Crippen molar-refractivity contribution in [3.05, 3.63) is 34.6 Å². The highest BCUT2D eigenvalue weighted by molar-refractivity contribution is 6.30. The van der Waals surface area contributed by atoms with Crippen LogP contribution >= 0.6 is 11.6 Å². The van der Waals surface area contributed by atoms with Crippen LogP contribution in [0.2, 0.25) is 5.02 Å². The van der Waals surface area contributed by atoms with Gasteiger partial charge < -0.3 is 5.73 Å². The molecule has 78 valence electrons. The summed E-state index contributed by atoms with van der Waals surface area (Å²) in [6, 6.07) is 4.57. The van der Waals surface area contributed by atoms with E-state index in [0.29, 0.717) is 5.56 Å². The molecule has 0 radical (unpaired) electrons. The Kier molecular flexibility index (Phi) is 3.17. The second kappa shape index (κ2) is 3.87. The highest BCUT2D eigenvalue weighted by Crippen LogP contribution is 2.33. The molecule has 0 amide bonds. The van der Waals surface area contributed by atoms with Gasteiger partial charge in [-0.25, -0.2) is 4.39 Å². The van der Waals surface area contributed by atoms with Crippen LogP contribution in [-0.2, 0) is 0 Å². The van der Waals surface area contributed by atoms with E-state index in [-0.39, 0.29) is 16.5 Å². The highest BCUT2D eigenvalue weighted by atomic mass is 35.5. The molecule has 0 unspecified atom stereocenters. The summed E-state index contributed by atoms with van der Waals surface area (Å²) in [5.74, 6) is -0.406. The first-order valence-electron chi connectivity index (χ1n) is 4.53. The van der Waals surface area contributed by atoms with Crippen molar-refractivity contribution in [2.45, 2.75) is 26.8 Å². The molecule has 0 bridgehead atoms. The minimum absolute atomic E-state index is 0.127. The summed E-state index contributed by atoms with van der Waals surface area (Å²) in [5, 5.41) is 0.127. The zero-order chi connectivity index (χ0) is 10.9. The number of nitrogens with two attached hydrogens (primary N) is 1.